The number of rotatable bonds is 6. The van der Waals surface area contributed by atoms with Gasteiger partial charge < -0.3 is 13.7 Å². The molecule has 4 heterocycles. The van der Waals surface area contributed by atoms with Gasteiger partial charge in [-0.25, -0.2) is 0 Å². The molecule has 0 radical (unpaired) electrons. The molecule has 55 heavy (non-hydrogen) atoms. The normalized spacial score (nSPS) is 12.6. The molecule has 3 nitrogen and oxygen atoms in total. The predicted molar refractivity (Wildman–Crippen MR) is 230 cm³/mol. The van der Waals surface area contributed by atoms with Crippen molar-refractivity contribution in [2.45, 2.75) is 0 Å². The molecule has 0 fully saturated rings. The van der Waals surface area contributed by atoms with Gasteiger partial charge in [0.1, 0.15) is 11.5 Å². The molecule has 7 aromatic carbocycles. The molecule has 11 rings (SSSR count). The Bertz CT molecular complexity index is 2610. The van der Waals surface area contributed by atoms with Gasteiger partial charge in [0.05, 0.1) is 12.5 Å². The number of fused-ring (bicyclic) bond motifs is 4. The summed E-state index contributed by atoms with van der Waals surface area (Å²) in [6, 6.07) is 68.3. The lowest BCUT2D eigenvalue weighted by Crippen LogP contribution is -2.65. The molecular weight excluding hydrogens is 668 g/mol. The number of furan rings is 2. The SMILES string of the molecule is c1ccc(B2c3cc(-c4ccc(-c5ccco5)cc4)ccc3N3c4ccc(-c5ccc(-c6ccco6)cc5)cc4B(c4ccccc4)c4cccc2c43)cc1. The molecule has 0 amide bonds. The van der Waals surface area contributed by atoms with E-state index in [2.05, 4.69) is 169 Å². The lowest BCUT2D eigenvalue weighted by molar-refractivity contribution is 0.582. The monoisotopic (exact) mass is 701 g/mol. The number of nitrogens with zero attached hydrogens (tertiary/aromatic N) is 1. The van der Waals surface area contributed by atoms with Crippen molar-refractivity contribution in [3.63, 3.8) is 0 Å². The van der Waals surface area contributed by atoms with E-state index in [0.717, 1.165) is 22.6 Å². The van der Waals surface area contributed by atoms with E-state index >= 15 is 0 Å². The molecule has 0 spiro atoms. The summed E-state index contributed by atoms with van der Waals surface area (Å²) < 4.78 is 11.4. The Morgan fingerprint density at radius 3 is 1.16 bits per heavy atom. The Morgan fingerprint density at radius 1 is 0.327 bits per heavy atom. The number of hydrogen-bond acceptors (Lipinski definition) is 3. The van der Waals surface area contributed by atoms with Crippen LogP contribution in [0.2, 0.25) is 0 Å². The van der Waals surface area contributed by atoms with Crippen molar-refractivity contribution in [3.8, 4) is 44.9 Å². The molecule has 0 unspecified atom stereocenters. The first-order valence-corrected chi connectivity index (χ1v) is 18.9. The Hall–Kier alpha value is -6.97. The van der Waals surface area contributed by atoms with E-state index in [-0.39, 0.29) is 13.4 Å². The molecule has 5 heteroatoms. The third-order valence-electron chi connectivity index (χ3n) is 11.4. The first kappa shape index (κ1) is 31.5. The highest BCUT2D eigenvalue weighted by Gasteiger charge is 2.43. The third-order valence-corrected chi connectivity index (χ3v) is 11.4. The Morgan fingerprint density at radius 2 is 0.745 bits per heavy atom. The van der Waals surface area contributed by atoms with E-state index < -0.39 is 0 Å². The van der Waals surface area contributed by atoms with E-state index in [1.807, 2.05) is 24.3 Å². The summed E-state index contributed by atoms with van der Waals surface area (Å²) in [5.74, 6) is 1.75. The summed E-state index contributed by atoms with van der Waals surface area (Å²) in [6.07, 6.45) is 3.45. The molecule has 9 aromatic rings. The zero-order valence-electron chi connectivity index (χ0n) is 30.0. The van der Waals surface area contributed by atoms with Crippen LogP contribution in [0.25, 0.3) is 44.9 Å². The van der Waals surface area contributed by atoms with Crippen molar-refractivity contribution in [1.82, 2.24) is 0 Å². The number of para-hydroxylation sites is 1. The summed E-state index contributed by atoms with van der Waals surface area (Å²) in [5, 5.41) is 0. The van der Waals surface area contributed by atoms with E-state index in [9.17, 15) is 0 Å². The van der Waals surface area contributed by atoms with Gasteiger partial charge in [0, 0.05) is 28.2 Å². The van der Waals surface area contributed by atoms with Crippen LogP contribution in [0.1, 0.15) is 0 Å². The van der Waals surface area contributed by atoms with Crippen molar-refractivity contribution in [2.24, 2.45) is 0 Å². The Labute approximate surface area is 321 Å². The molecule has 2 aliphatic rings. The third kappa shape index (κ3) is 5.23. The zero-order valence-corrected chi connectivity index (χ0v) is 30.0. The highest BCUT2D eigenvalue weighted by Crippen LogP contribution is 2.40. The van der Waals surface area contributed by atoms with Crippen molar-refractivity contribution in [1.29, 1.82) is 0 Å². The Balaban J connectivity index is 1.10. The van der Waals surface area contributed by atoms with Gasteiger partial charge in [0.25, 0.3) is 0 Å². The average Bonchev–Trinajstić information content (AvgIpc) is 4.01. The van der Waals surface area contributed by atoms with Crippen LogP contribution in [0, 0.1) is 0 Å². The van der Waals surface area contributed by atoms with E-state index in [4.69, 9.17) is 8.83 Å². The number of benzene rings is 7. The van der Waals surface area contributed by atoms with Crippen LogP contribution in [0.3, 0.4) is 0 Å². The second-order valence-electron chi connectivity index (χ2n) is 14.5. The van der Waals surface area contributed by atoms with Gasteiger partial charge in [-0.15, -0.1) is 0 Å². The lowest BCUT2D eigenvalue weighted by Gasteiger charge is -2.44. The van der Waals surface area contributed by atoms with Crippen LogP contribution in [-0.2, 0) is 0 Å². The van der Waals surface area contributed by atoms with Gasteiger partial charge in [-0.05, 0) is 80.5 Å². The highest BCUT2D eigenvalue weighted by atomic mass is 16.3. The topological polar surface area (TPSA) is 29.5 Å². The van der Waals surface area contributed by atoms with Gasteiger partial charge in [0.2, 0.25) is 13.4 Å². The molecule has 2 aromatic heterocycles. The standard InChI is InChI=1S/C50H33B2NO2/c1-3-10-40(11-4-1)51-42-14-7-15-43-50(42)53(46-28-26-38(32-44(46)51)34-18-22-36(23-19-34)48-16-8-30-54-48)47-29-27-39(33-45(47)52(43)41-12-5-2-6-13-41)35-20-24-37(25-21-35)49-17-9-31-55-49/h1-33H. The summed E-state index contributed by atoms with van der Waals surface area (Å²) in [4.78, 5) is 2.54. The molecular formula is C50H33B2NO2. The largest absolute Gasteiger partial charge is 0.464 e. The van der Waals surface area contributed by atoms with Crippen LogP contribution in [-0.4, -0.2) is 13.4 Å². The number of hydrogen-bond donors (Lipinski definition) is 0. The molecule has 0 saturated carbocycles. The second-order valence-corrected chi connectivity index (χ2v) is 14.5. The van der Waals surface area contributed by atoms with Gasteiger partial charge >= 0.3 is 0 Å². The van der Waals surface area contributed by atoms with Gasteiger partial charge in [-0.2, -0.15) is 0 Å². The number of anilines is 3. The van der Waals surface area contributed by atoms with Crippen LogP contribution in [0.4, 0.5) is 17.1 Å². The first-order valence-electron chi connectivity index (χ1n) is 18.9. The second kappa shape index (κ2) is 12.9. The van der Waals surface area contributed by atoms with Crippen LogP contribution in [0.15, 0.2) is 209 Å². The van der Waals surface area contributed by atoms with Gasteiger partial charge in [-0.3, -0.25) is 0 Å². The smallest absolute Gasteiger partial charge is 0.246 e. The lowest BCUT2D eigenvalue weighted by atomic mass is 9.30. The molecule has 0 atom stereocenters. The molecule has 0 bridgehead atoms. The summed E-state index contributed by atoms with van der Waals surface area (Å²) in [7, 11) is 0. The molecule has 256 valence electrons. The maximum atomic E-state index is 5.68. The maximum absolute atomic E-state index is 5.68. The van der Waals surface area contributed by atoms with Crippen molar-refractivity contribution >= 4 is 63.3 Å². The fourth-order valence-corrected chi connectivity index (χ4v) is 8.90. The van der Waals surface area contributed by atoms with Crippen LogP contribution < -0.4 is 37.7 Å². The van der Waals surface area contributed by atoms with E-state index in [0.29, 0.717) is 0 Å². The van der Waals surface area contributed by atoms with Crippen LogP contribution >= 0.6 is 0 Å². The molecule has 2 aliphatic heterocycles. The summed E-state index contributed by atoms with van der Waals surface area (Å²) in [5.41, 5.74) is 18.4. The van der Waals surface area contributed by atoms with E-state index in [1.54, 1.807) is 12.5 Å². The molecule has 0 N–H and O–H groups in total. The van der Waals surface area contributed by atoms with E-state index in [1.165, 1.54) is 72.1 Å². The van der Waals surface area contributed by atoms with Gasteiger partial charge in [0.15, 0.2) is 0 Å². The highest BCUT2D eigenvalue weighted by molar-refractivity contribution is 7.02. The minimum Gasteiger partial charge on any atom is -0.464 e. The minimum absolute atomic E-state index is 0.0645. The van der Waals surface area contributed by atoms with Crippen LogP contribution in [0.5, 0.6) is 0 Å². The quantitative estimate of drug-likeness (QED) is 0.163. The minimum atomic E-state index is 0.0645. The first-order chi connectivity index (χ1) is 27.3. The molecule has 0 saturated heterocycles. The molecule has 0 aliphatic carbocycles. The fourth-order valence-electron chi connectivity index (χ4n) is 8.90. The summed E-state index contributed by atoms with van der Waals surface area (Å²) >= 11 is 0. The Kier molecular flexibility index (Phi) is 7.38. The predicted octanol–water partition coefficient (Wildman–Crippen LogP) is 8.67. The van der Waals surface area contributed by atoms with Crippen molar-refractivity contribution in [2.75, 3.05) is 4.90 Å². The average molecular weight is 701 g/mol. The maximum Gasteiger partial charge on any atom is 0.246 e. The fraction of sp³-hybridized carbons (Fsp3) is 0. The van der Waals surface area contributed by atoms with Gasteiger partial charge in [-0.1, -0.05) is 163 Å². The summed E-state index contributed by atoms with van der Waals surface area (Å²) in [6.45, 7) is 0.129. The zero-order chi connectivity index (χ0) is 36.3. The van der Waals surface area contributed by atoms with Crippen molar-refractivity contribution < 1.29 is 8.83 Å². The van der Waals surface area contributed by atoms with Crippen molar-refractivity contribution in [3.05, 3.63) is 201 Å².